The zero-order valence-corrected chi connectivity index (χ0v) is 18.4. The average molecular weight is 427 g/mol. The van der Waals surface area contributed by atoms with Crippen molar-refractivity contribution in [1.29, 1.82) is 0 Å². The lowest BCUT2D eigenvalue weighted by Crippen LogP contribution is -2.50. The van der Waals surface area contributed by atoms with Gasteiger partial charge in [0.25, 0.3) is 0 Å². The molecular formula is C25H34N2O4. The molecule has 0 bridgehead atoms. The molecule has 6 nitrogen and oxygen atoms in total. The van der Waals surface area contributed by atoms with Gasteiger partial charge in [0.1, 0.15) is 12.0 Å². The zero-order valence-electron chi connectivity index (χ0n) is 18.4. The first kappa shape index (κ1) is 23.3. The number of rotatable bonds is 12. The first-order valence-electron chi connectivity index (χ1n) is 11.1. The van der Waals surface area contributed by atoms with Gasteiger partial charge in [-0.2, -0.15) is 0 Å². The number of carbonyl (C=O) groups is 1. The van der Waals surface area contributed by atoms with E-state index in [1.165, 1.54) is 11.1 Å². The second-order valence-electron chi connectivity index (χ2n) is 8.06. The van der Waals surface area contributed by atoms with Crippen LogP contribution in [0.25, 0.3) is 0 Å². The quantitative estimate of drug-likeness (QED) is 0.526. The lowest BCUT2D eigenvalue weighted by Gasteiger charge is -2.37. The number of piperazine rings is 1. The Labute approximate surface area is 185 Å². The summed E-state index contributed by atoms with van der Waals surface area (Å²) in [6.45, 7) is 4.56. The minimum atomic E-state index is -0.826. The fourth-order valence-electron chi connectivity index (χ4n) is 3.79. The monoisotopic (exact) mass is 426 g/mol. The Morgan fingerprint density at radius 1 is 0.968 bits per heavy atom. The van der Waals surface area contributed by atoms with E-state index >= 15 is 0 Å². The largest absolute Gasteiger partial charge is 0.493 e. The fourth-order valence-corrected chi connectivity index (χ4v) is 3.79. The van der Waals surface area contributed by atoms with E-state index < -0.39 is 5.97 Å². The number of ether oxygens (including phenoxy) is 2. The summed E-state index contributed by atoms with van der Waals surface area (Å²) in [5.41, 5.74) is 2.52. The highest BCUT2D eigenvalue weighted by Gasteiger charge is 2.25. The van der Waals surface area contributed by atoms with Crippen LogP contribution in [-0.2, 0) is 22.4 Å². The minimum Gasteiger partial charge on any atom is -0.493 e. The van der Waals surface area contributed by atoms with Gasteiger partial charge in [-0.15, -0.1) is 0 Å². The second-order valence-corrected chi connectivity index (χ2v) is 8.06. The molecule has 0 radical (unpaired) electrons. The van der Waals surface area contributed by atoms with Crippen molar-refractivity contribution in [3.05, 3.63) is 65.7 Å². The molecular weight excluding hydrogens is 392 g/mol. The molecule has 0 aromatic heterocycles. The van der Waals surface area contributed by atoms with Crippen LogP contribution < -0.4 is 4.74 Å². The van der Waals surface area contributed by atoms with Crippen LogP contribution in [0.4, 0.5) is 0 Å². The molecule has 31 heavy (non-hydrogen) atoms. The van der Waals surface area contributed by atoms with Gasteiger partial charge in [-0.05, 0) is 37.1 Å². The Balaban J connectivity index is 1.42. The Morgan fingerprint density at radius 2 is 1.68 bits per heavy atom. The predicted octanol–water partition coefficient (Wildman–Crippen LogP) is 3.31. The second kappa shape index (κ2) is 12.4. The van der Waals surface area contributed by atoms with Crippen molar-refractivity contribution >= 4 is 5.97 Å². The Kier molecular flexibility index (Phi) is 9.34. The zero-order chi connectivity index (χ0) is 21.9. The molecule has 0 amide bonds. The number of hydrogen-bond donors (Lipinski definition) is 1. The molecule has 0 aliphatic carbocycles. The minimum absolute atomic E-state index is 0.00684. The van der Waals surface area contributed by atoms with Gasteiger partial charge < -0.3 is 19.5 Å². The number of para-hydroxylation sites is 1. The summed E-state index contributed by atoms with van der Waals surface area (Å²) in [6.07, 6.45) is 2.26. The van der Waals surface area contributed by atoms with Crippen LogP contribution in [0, 0.1) is 0 Å². The third-order valence-corrected chi connectivity index (χ3v) is 5.65. The molecule has 0 saturated carbocycles. The molecule has 1 fully saturated rings. The molecule has 1 N–H and O–H groups in total. The number of aryl methyl sites for hydroxylation is 2. The first-order valence-corrected chi connectivity index (χ1v) is 11.1. The van der Waals surface area contributed by atoms with Crippen molar-refractivity contribution in [2.75, 3.05) is 46.4 Å². The van der Waals surface area contributed by atoms with Crippen LogP contribution in [0.5, 0.6) is 5.75 Å². The van der Waals surface area contributed by atoms with Gasteiger partial charge in [0, 0.05) is 32.6 Å². The maximum absolute atomic E-state index is 11.3. The van der Waals surface area contributed by atoms with Gasteiger partial charge in [0.2, 0.25) is 0 Å². The summed E-state index contributed by atoms with van der Waals surface area (Å²) in [5.74, 6) is 0.0899. The van der Waals surface area contributed by atoms with Gasteiger partial charge in [-0.3, -0.25) is 9.69 Å². The highest BCUT2D eigenvalue weighted by molar-refractivity contribution is 5.67. The Bertz CT molecular complexity index is 791. The number of likely N-dealkylation sites (N-methyl/N-ethyl adjacent to an activating group) is 1. The van der Waals surface area contributed by atoms with E-state index in [0.717, 1.165) is 51.2 Å². The molecule has 2 aromatic rings. The summed E-state index contributed by atoms with van der Waals surface area (Å²) in [4.78, 5) is 15.6. The number of carboxylic acid groups (broad SMARTS) is 1. The molecule has 3 rings (SSSR count). The highest BCUT2D eigenvalue weighted by atomic mass is 16.5. The lowest BCUT2D eigenvalue weighted by molar-refractivity contribution is -0.147. The van der Waals surface area contributed by atoms with Gasteiger partial charge >= 0.3 is 5.97 Å². The summed E-state index contributed by atoms with van der Waals surface area (Å²) >= 11 is 0. The van der Waals surface area contributed by atoms with E-state index in [1.807, 2.05) is 24.3 Å². The molecule has 1 aliphatic rings. The Hall–Kier alpha value is -2.41. The third kappa shape index (κ3) is 7.98. The number of carboxylic acids is 1. The van der Waals surface area contributed by atoms with E-state index in [2.05, 4.69) is 47.2 Å². The third-order valence-electron chi connectivity index (χ3n) is 5.65. The van der Waals surface area contributed by atoms with Gasteiger partial charge in [-0.25, -0.2) is 0 Å². The summed E-state index contributed by atoms with van der Waals surface area (Å²) < 4.78 is 12.0. The molecule has 1 unspecified atom stereocenters. The standard InChI is InChI=1S/C25H34N2O4/c1-26-14-16-27(17-15-26)24(20-25(28)29)31-19-7-18-30-23-11-6-5-10-22(23)13-12-21-8-3-2-4-9-21/h2-6,8-11,24H,7,12-20H2,1H3,(H,28,29). The Morgan fingerprint density at radius 3 is 2.42 bits per heavy atom. The van der Waals surface area contributed by atoms with E-state index in [9.17, 15) is 9.90 Å². The maximum Gasteiger partial charge on any atom is 0.307 e. The fraction of sp³-hybridized carbons (Fsp3) is 0.480. The van der Waals surface area contributed by atoms with Crippen molar-refractivity contribution < 1.29 is 19.4 Å². The van der Waals surface area contributed by atoms with Crippen molar-refractivity contribution in [3.63, 3.8) is 0 Å². The van der Waals surface area contributed by atoms with E-state index in [1.54, 1.807) is 0 Å². The van der Waals surface area contributed by atoms with Crippen LogP contribution >= 0.6 is 0 Å². The normalized spacial score (nSPS) is 16.2. The molecule has 1 saturated heterocycles. The van der Waals surface area contributed by atoms with Crippen molar-refractivity contribution in [1.82, 2.24) is 9.80 Å². The number of aliphatic carboxylic acids is 1. The number of hydrogen-bond acceptors (Lipinski definition) is 5. The summed E-state index contributed by atoms with van der Waals surface area (Å²) in [5, 5.41) is 9.24. The topological polar surface area (TPSA) is 62.2 Å². The molecule has 168 valence electrons. The first-order chi connectivity index (χ1) is 15.1. The van der Waals surface area contributed by atoms with E-state index in [0.29, 0.717) is 13.2 Å². The predicted molar refractivity (Wildman–Crippen MR) is 121 cm³/mol. The van der Waals surface area contributed by atoms with Crippen LogP contribution in [0.1, 0.15) is 24.0 Å². The summed E-state index contributed by atoms with van der Waals surface area (Å²) in [6, 6.07) is 18.6. The van der Waals surface area contributed by atoms with Gasteiger partial charge in [0.15, 0.2) is 0 Å². The molecule has 1 aliphatic heterocycles. The lowest BCUT2D eigenvalue weighted by atomic mass is 10.0. The number of nitrogens with zero attached hydrogens (tertiary/aromatic N) is 2. The van der Waals surface area contributed by atoms with Crippen molar-refractivity contribution in [2.45, 2.75) is 31.9 Å². The summed E-state index contributed by atoms with van der Waals surface area (Å²) in [7, 11) is 2.08. The van der Waals surface area contributed by atoms with E-state index in [4.69, 9.17) is 9.47 Å². The molecule has 2 aromatic carbocycles. The highest BCUT2D eigenvalue weighted by Crippen LogP contribution is 2.20. The molecule has 6 heteroatoms. The average Bonchev–Trinajstić information content (AvgIpc) is 2.78. The molecule has 0 spiro atoms. The van der Waals surface area contributed by atoms with Crippen molar-refractivity contribution in [3.8, 4) is 5.75 Å². The SMILES string of the molecule is CN1CCN(C(CC(=O)O)OCCCOc2ccccc2CCc2ccccc2)CC1. The maximum atomic E-state index is 11.3. The van der Waals surface area contributed by atoms with Crippen LogP contribution in [0.2, 0.25) is 0 Å². The van der Waals surface area contributed by atoms with Gasteiger partial charge in [-0.1, -0.05) is 48.5 Å². The van der Waals surface area contributed by atoms with Crippen molar-refractivity contribution in [2.24, 2.45) is 0 Å². The van der Waals surface area contributed by atoms with Crippen LogP contribution in [-0.4, -0.2) is 73.5 Å². The molecule has 1 atom stereocenters. The molecule has 1 heterocycles. The van der Waals surface area contributed by atoms with Crippen LogP contribution in [0.15, 0.2) is 54.6 Å². The van der Waals surface area contributed by atoms with Crippen LogP contribution in [0.3, 0.4) is 0 Å². The number of benzene rings is 2. The van der Waals surface area contributed by atoms with E-state index in [-0.39, 0.29) is 12.6 Å². The smallest absolute Gasteiger partial charge is 0.307 e. The van der Waals surface area contributed by atoms with Gasteiger partial charge in [0.05, 0.1) is 19.6 Å².